The van der Waals surface area contributed by atoms with Crippen molar-refractivity contribution < 1.29 is 0 Å². The quantitative estimate of drug-likeness (QED) is 0.620. The lowest BCUT2D eigenvalue weighted by Gasteiger charge is -2.12. The van der Waals surface area contributed by atoms with Crippen LogP contribution in [0.1, 0.15) is 26.2 Å². The second-order valence-corrected chi connectivity index (χ2v) is 4.17. The zero-order valence-electron chi connectivity index (χ0n) is 7.89. The van der Waals surface area contributed by atoms with Crippen LogP contribution in [0.25, 0.3) is 0 Å². The van der Waals surface area contributed by atoms with Gasteiger partial charge in [-0.05, 0) is 54.6 Å². The van der Waals surface area contributed by atoms with E-state index >= 15 is 0 Å². The summed E-state index contributed by atoms with van der Waals surface area (Å²) in [6, 6.07) is 0. The highest BCUT2D eigenvalue weighted by molar-refractivity contribution is 8.02. The van der Waals surface area contributed by atoms with Crippen molar-refractivity contribution in [1.82, 2.24) is 0 Å². The lowest BCUT2D eigenvalue weighted by molar-refractivity contribution is 0.811. The van der Waals surface area contributed by atoms with Crippen molar-refractivity contribution in [3.8, 4) is 0 Å². The Bertz CT molecular complexity index is 233. The number of allylic oxidation sites excluding steroid dienone is 5. The maximum atomic E-state index is 4.06. The van der Waals surface area contributed by atoms with Gasteiger partial charge in [-0.15, -0.1) is 11.8 Å². The Labute approximate surface area is 79.4 Å². The third-order valence-electron chi connectivity index (χ3n) is 2.14. The molecule has 0 saturated heterocycles. The SMILES string of the molecule is C=C1CCCC=C1/C=C(/C)SC. The highest BCUT2D eigenvalue weighted by Gasteiger charge is 2.05. The average molecular weight is 180 g/mol. The second kappa shape index (κ2) is 4.56. The Hall–Kier alpha value is -0.430. The number of hydrogen-bond donors (Lipinski definition) is 0. The maximum Gasteiger partial charge on any atom is -0.0140 e. The minimum Gasteiger partial charge on any atom is -0.134 e. The van der Waals surface area contributed by atoms with E-state index in [1.807, 2.05) is 0 Å². The molecule has 0 radical (unpaired) electrons. The molecule has 0 aliphatic heterocycles. The van der Waals surface area contributed by atoms with Gasteiger partial charge in [-0.25, -0.2) is 0 Å². The summed E-state index contributed by atoms with van der Waals surface area (Å²) >= 11 is 1.80. The lowest BCUT2D eigenvalue weighted by Crippen LogP contribution is -1.92. The van der Waals surface area contributed by atoms with Crippen LogP contribution < -0.4 is 0 Å². The van der Waals surface area contributed by atoms with Crippen LogP contribution >= 0.6 is 11.8 Å². The first-order valence-electron chi connectivity index (χ1n) is 4.34. The summed E-state index contributed by atoms with van der Waals surface area (Å²) in [7, 11) is 0. The molecule has 1 rings (SSSR count). The van der Waals surface area contributed by atoms with Crippen LogP contribution in [0, 0.1) is 0 Å². The third-order valence-corrected chi connectivity index (χ3v) is 2.90. The van der Waals surface area contributed by atoms with E-state index in [1.165, 1.54) is 35.3 Å². The molecule has 0 amide bonds. The average Bonchev–Trinajstić information content (AvgIpc) is 2.09. The highest BCUT2D eigenvalue weighted by Crippen LogP contribution is 2.25. The van der Waals surface area contributed by atoms with Crippen LogP contribution in [0.15, 0.2) is 34.8 Å². The van der Waals surface area contributed by atoms with Gasteiger partial charge in [-0.3, -0.25) is 0 Å². The van der Waals surface area contributed by atoms with Gasteiger partial charge in [-0.2, -0.15) is 0 Å². The molecule has 0 unspecified atom stereocenters. The van der Waals surface area contributed by atoms with Crippen molar-refractivity contribution in [3.63, 3.8) is 0 Å². The normalized spacial score (nSPS) is 19.3. The van der Waals surface area contributed by atoms with Gasteiger partial charge in [0.1, 0.15) is 0 Å². The molecule has 0 heterocycles. The van der Waals surface area contributed by atoms with Crippen LogP contribution in [0.3, 0.4) is 0 Å². The summed E-state index contributed by atoms with van der Waals surface area (Å²) in [6.45, 7) is 6.21. The summed E-state index contributed by atoms with van der Waals surface area (Å²) in [5, 5.41) is 0. The minimum absolute atomic E-state index is 1.17. The van der Waals surface area contributed by atoms with E-state index < -0.39 is 0 Å². The molecule has 1 heteroatoms. The fraction of sp³-hybridized carbons (Fsp3) is 0.455. The molecule has 1 aliphatic carbocycles. The Morgan fingerprint density at radius 3 is 3.00 bits per heavy atom. The maximum absolute atomic E-state index is 4.06. The molecule has 0 N–H and O–H groups in total. The molecular formula is C11H16S. The van der Waals surface area contributed by atoms with Crippen LogP contribution in [0.2, 0.25) is 0 Å². The number of rotatable bonds is 2. The summed E-state index contributed by atoms with van der Waals surface area (Å²) < 4.78 is 0. The summed E-state index contributed by atoms with van der Waals surface area (Å²) in [5.41, 5.74) is 2.66. The molecule has 66 valence electrons. The second-order valence-electron chi connectivity index (χ2n) is 3.11. The molecule has 0 aromatic rings. The van der Waals surface area contributed by atoms with Gasteiger partial charge >= 0.3 is 0 Å². The molecule has 0 saturated carbocycles. The molecule has 0 bridgehead atoms. The minimum atomic E-state index is 1.17. The Kier molecular flexibility index (Phi) is 3.67. The molecule has 1 aliphatic rings. The molecular weight excluding hydrogens is 164 g/mol. The smallest absolute Gasteiger partial charge is 0.0140 e. The molecule has 0 atom stereocenters. The van der Waals surface area contributed by atoms with Crippen molar-refractivity contribution in [3.05, 3.63) is 34.8 Å². The van der Waals surface area contributed by atoms with Crippen LogP contribution in [-0.4, -0.2) is 6.26 Å². The largest absolute Gasteiger partial charge is 0.134 e. The van der Waals surface area contributed by atoms with E-state index in [0.717, 1.165) is 0 Å². The molecule has 0 aromatic carbocycles. The zero-order valence-corrected chi connectivity index (χ0v) is 8.71. The van der Waals surface area contributed by atoms with Gasteiger partial charge in [0.15, 0.2) is 0 Å². The van der Waals surface area contributed by atoms with E-state index in [2.05, 4.69) is 31.9 Å². The van der Waals surface area contributed by atoms with Crippen LogP contribution in [0.4, 0.5) is 0 Å². The number of thioether (sulfide) groups is 1. The Morgan fingerprint density at radius 2 is 2.42 bits per heavy atom. The van der Waals surface area contributed by atoms with Crippen molar-refractivity contribution in [1.29, 1.82) is 0 Å². The van der Waals surface area contributed by atoms with Gasteiger partial charge in [0, 0.05) is 0 Å². The van der Waals surface area contributed by atoms with Gasteiger partial charge in [0.2, 0.25) is 0 Å². The summed E-state index contributed by atoms with van der Waals surface area (Å²) in [4.78, 5) is 1.37. The van der Waals surface area contributed by atoms with Crippen molar-refractivity contribution in [2.45, 2.75) is 26.2 Å². The number of hydrogen-bond acceptors (Lipinski definition) is 1. The fourth-order valence-corrected chi connectivity index (χ4v) is 1.55. The Balaban J connectivity index is 2.73. The predicted molar refractivity (Wildman–Crippen MR) is 58.3 cm³/mol. The highest BCUT2D eigenvalue weighted by atomic mass is 32.2. The van der Waals surface area contributed by atoms with Gasteiger partial charge in [0.25, 0.3) is 0 Å². The van der Waals surface area contributed by atoms with E-state index in [9.17, 15) is 0 Å². The van der Waals surface area contributed by atoms with Crippen LogP contribution in [0.5, 0.6) is 0 Å². The lowest BCUT2D eigenvalue weighted by atomic mass is 9.95. The molecule has 12 heavy (non-hydrogen) atoms. The molecule has 0 aromatic heterocycles. The Morgan fingerprint density at radius 1 is 1.67 bits per heavy atom. The van der Waals surface area contributed by atoms with E-state index in [4.69, 9.17) is 0 Å². The zero-order chi connectivity index (χ0) is 8.97. The van der Waals surface area contributed by atoms with E-state index in [1.54, 1.807) is 11.8 Å². The summed E-state index contributed by atoms with van der Waals surface area (Å²) in [5.74, 6) is 0. The summed E-state index contributed by atoms with van der Waals surface area (Å²) in [6.07, 6.45) is 10.3. The fourth-order valence-electron chi connectivity index (χ4n) is 1.30. The van der Waals surface area contributed by atoms with Crippen LogP contribution in [-0.2, 0) is 0 Å². The first kappa shape index (κ1) is 9.66. The topological polar surface area (TPSA) is 0 Å². The van der Waals surface area contributed by atoms with Gasteiger partial charge in [-0.1, -0.05) is 12.7 Å². The van der Waals surface area contributed by atoms with Gasteiger partial charge < -0.3 is 0 Å². The first-order chi connectivity index (χ1) is 5.74. The van der Waals surface area contributed by atoms with E-state index in [-0.39, 0.29) is 0 Å². The van der Waals surface area contributed by atoms with Crippen molar-refractivity contribution in [2.24, 2.45) is 0 Å². The van der Waals surface area contributed by atoms with Crippen molar-refractivity contribution >= 4 is 11.8 Å². The predicted octanol–water partition coefficient (Wildman–Crippen LogP) is 3.92. The van der Waals surface area contributed by atoms with Crippen molar-refractivity contribution in [2.75, 3.05) is 6.26 Å². The third kappa shape index (κ3) is 2.56. The monoisotopic (exact) mass is 180 g/mol. The molecule has 0 spiro atoms. The first-order valence-corrected chi connectivity index (χ1v) is 5.57. The molecule has 0 fully saturated rings. The standard InChI is InChI=1S/C11H16S/c1-9-6-4-5-7-11(9)8-10(2)12-3/h7-8H,1,4-6H2,2-3H3/b10-8-. The molecule has 0 nitrogen and oxygen atoms in total. The van der Waals surface area contributed by atoms with Gasteiger partial charge in [0.05, 0.1) is 0 Å². The van der Waals surface area contributed by atoms with E-state index in [0.29, 0.717) is 0 Å².